The van der Waals surface area contributed by atoms with Crippen molar-refractivity contribution in [3.63, 3.8) is 0 Å². The molecule has 7 nitrogen and oxygen atoms in total. The van der Waals surface area contributed by atoms with Gasteiger partial charge < -0.3 is 19.3 Å². The van der Waals surface area contributed by atoms with Gasteiger partial charge in [0.1, 0.15) is 23.6 Å². The minimum atomic E-state index is -0.0205. The minimum Gasteiger partial charge on any atom is -0.497 e. The van der Waals surface area contributed by atoms with Crippen molar-refractivity contribution in [2.75, 3.05) is 51.3 Å². The van der Waals surface area contributed by atoms with Crippen LogP contribution in [0.5, 0.6) is 11.5 Å². The van der Waals surface area contributed by atoms with Gasteiger partial charge in [-0.05, 0) is 50.6 Å². The number of hydrogen-bond donors (Lipinski definition) is 0. The maximum Gasteiger partial charge on any atom is 0.261 e. The first-order chi connectivity index (χ1) is 15.2. The predicted molar refractivity (Wildman–Crippen MR) is 121 cm³/mol. The molecule has 1 saturated heterocycles. The summed E-state index contributed by atoms with van der Waals surface area (Å²) in [6, 6.07) is 11.4. The lowest BCUT2D eigenvalue weighted by Crippen LogP contribution is -2.47. The second kappa shape index (κ2) is 9.83. The average molecular weight is 423 g/mol. The molecule has 0 unspecified atom stereocenters. The highest BCUT2D eigenvalue weighted by atomic mass is 16.5. The van der Waals surface area contributed by atoms with Crippen LogP contribution >= 0.6 is 0 Å². The molecule has 0 spiro atoms. The van der Waals surface area contributed by atoms with Crippen LogP contribution in [0.4, 0.5) is 5.82 Å². The summed E-state index contributed by atoms with van der Waals surface area (Å²) in [5, 5.41) is 0. The smallest absolute Gasteiger partial charge is 0.261 e. The molecule has 1 amide bonds. The average Bonchev–Trinajstić information content (AvgIpc) is 2.93. The monoisotopic (exact) mass is 422 g/mol. The van der Waals surface area contributed by atoms with Crippen molar-refractivity contribution in [1.82, 2.24) is 14.8 Å². The van der Waals surface area contributed by atoms with Gasteiger partial charge in [0.25, 0.3) is 5.91 Å². The fraction of sp³-hybridized carbons (Fsp3) is 0.417. The number of anilines is 1. The Morgan fingerprint density at radius 1 is 1.06 bits per heavy atom. The lowest BCUT2D eigenvalue weighted by molar-refractivity contribution is 0.0804. The van der Waals surface area contributed by atoms with Crippen LogP contribution in [0, 0.1) is 0 Å². The molecule has 1 fully saturated rings. The van der Waals surface area contributed by atoms with E-state index >= 15 is 0 Å². The highest BCUT2D eigenvalue weighted by molar-refractivity contribution is 5.98. The Balaban J connectivity index is 1.25. The number of allylic oxidation sites excluding steroid dienone is 1. The topological polar surface area (TPSA) is 58.1 Å². The van der Waals surface area contributed by atoms with E-state index in [1.54, 1.807) is 31.6 Å². The standard InChI is InChI=1S/C24H30N4O3/c1-19-18-31-22-17-20(30-2)8-9-21(22)24(29)28(19)12-6-5-11-26-13-15-27(16-14-26)23-7-3-4-10-25-23/h3-4,7-10,17-18H,5-6,11-16H2,1-2H3. The number of hydrogen-bond acceptors (Lipinski definition) is 6. The summed E-state index contributed by atoms with van der Waals surface area (Å²) >= 11 is 0. The molecule has 1 aromatic heterocycles. The van der Waals surface area contributed by atoms with Gasteiger partial charge in [-0.1, -0.05) is 6.07 Å². The predicted octanol–water partition coefficient (Wildman–Crippen LogP) is 3.39. The van der Waals surface area contributed by atoms with E-state index in [-0.39, 0.29) is 5.91 Å². The Morgan fingerprint density at radius 2 is 1.87 bits per heavy atom. The Bertz CT molecular complexity index is 924. The van der Waals surface area contributed by atoms with Crippen molar-refractivity contribution >= 4 is 11.7 Å². The molecule has 0 N–H and O–H groups in total. The van der Waals surface area contributed by atoms with Crippen LogP contribution in [0.2, 0.25) is 0 Å². The number of nitrogens with zero attached hydrogens (tertiary/aromatic N) is 4. The van der Waals surface area contributed by atoms with E-state index in [0.29, 0.717) is 23.6 Å². The first-order valence-electron chi connectivity index (χ1n) is 10.9. The number of carbonyl (C=O) groups is 1. The fourth-order valence-corrected chi connectivity index (χ4v) is 4.05. The molecule has 0 bridgehead atoms. The number of benzene rings is 1. The number of unbranched alkanes of at least 4 members (excludes halogenated alkanes) is 1. The summed E-state index contributed by atoms with van der Waals surface area (Å²) in [7, 11) is 1.60. The lowest BCUT2D eigenvalue weighted by atomic mass is 10.1. The molecule has 1 aromatic carbocycles. The molecule has 0 saturated carbocycles. The molecule has 0 radical (unpaired) electrons. The normalized spacial score (nSPS) is 17.0. The first kappa shape index (κ1) is 21.2. The van der Waals surface area contributed by atoms with Gasteiger partial charge in [-0.3, -0.25) is 9.69 Å². The van der Waals surface area contributed by atoms with Crippen LogP contribution in [0.1, 0.15) is 30.1 Å². The van der Waals surface area contributed by atoms with Gasteiger partial charge in [-0.25, -0.2) is 4.98 Å². The molecule has 0 aliphatic carbocycles. The van der Waals surface area contributed by atoms with Gasteiger partial charge in [-0.2, -0.15) is 0 Å². The van der Waals surface area contributed by atoms with Gasteiger partial charge in [0.05, 0.1) is 18.4 Å². The van der Waals surface area contributed by atoms with Crippen LogP contribution in [0.3, 0.4) is 0 Å². The number of amides is 1. The molecule has 164 valence electrons. The van der Waals surface area contributed by atoms with Gasteiger partial charge in [0.2, 0.25) is 0 Å². The molecule has 2 aliphatic heterocycles. The fourth-order valence-electron chi connectivity index (χ4n) is 4.05. The summed E-state index contributed by atoms with van der Waals surface area (Å²) in [6.45, 7) is 7.73. The number of rotatable bonds is 7. The van der Waals surface area contributed by atoms with E-state index in [1.165, 1.54) is 0 Å². The molecule has 2 aliphatic rings. The number of pyridine rings is 1. The van der Waals surface area contributed by atoms with E-state index < -0.39 is 0 Å². The molecule has 2 aromatic rings. The van der Waals surface area contributed by atoms with E-state index in [9.17, 15) is 4.79 Å². The summed E-state index contributed by atoms with van der Waals surface area (Å²) in [6.07, 6.45) is 5.50. The summed E-state index contributed by atoms with van der Waals surface area (Å²) in [5.74, 6) is 2.25. The van der Waals surface area contributed by atoms with Crippen molar-refractivity contribution in [3.8, 4) is 11.5 Å². The van der Waals surface area contributed by atoms with E-state index in [2.05, 4.69) is 20.9 Å². The third kappa shape index (κ3) is 4.99. The van der Waals surface area contributed by atoms with Gasteiger partial charge >= 0.3 is 0 Å². The number of fused-ring (bicyclic) bond motifs is 1. The van der Waals surface area contributed by atoms with Crippen LogP contribution in [0.25, 0.3) is 0 Å². The van der Waals surface area contributed by atoms with Crippen LogP contribution < -0.4 is 14.4 Å². The summed E-state index contributed by atoms with van der Waals surface area (Å²) < 4.78 is 11.0. The third-order valence-corrected chi connectivity index (χ3v) is 5.90. The maximum absolute atomic E-state index is 13.1. The largest absolute Gasteiger partial charge is 0.497 e. The molecule has 7 heteroatoms. The van der Waals surface area contributed by atoms with Crippen LogP contribution in [0.15, 0.2) is 54.6 Å². The Labute approximate surface area is 183 Å². The Kier molecular flexibility index (Phi) is 6.72. The van der Waals surface area contributed by atoms with Crippen LogP contribution in [-0.4, -0.2) is 67.1 Å². The molecule has 0 atom stereocenters. The molecular formula is C24H30N4O3. The number of aromatic nitrogens is 1. The van der Waals surface area contributed by atoms with Gasteiger partial charge in [-0.15, -0.1) is 0 Å². The van der Waals surface area contributed by atoms with E-state index in [1.807, 2.05) is 30.2 Å². The number of piperazine rings is 1. The van der Waals surface area contributed by atoms with Gasteiger partial charge in [0.15, 0.2) is 0 Å². The first-order valence-corrected chi connectivity index (χ1v) is 10.9. The number of methoxy groups -OCH3 is 1. The minimum absolute atomic E-state index is 0.0205. The number of ether oxygens (including phenoxy) is 2. The zero-order valence-corrected chi connectivity index (χ0v) is 18.3. The maximum atomic E-state index is 13.1. The summed E-state index contributed by atoms with van der Waals surface area (Å²) in [5.41, 5.74) is 1.39. The molecule has 4 rings (SSSR count). The quantitative estimate of drug-likeness (QED) is 0.638. The molecule has 3 heterocycles. The highest BCUT2D eigenvalue weighted by Gasteiger charge is 2.25. The van der Waals surface area contributed by atoms with Crippen LogP contribution in [-0.2, 0) is 0 Å². The Hall–Kier alpha value is -3.06. The second-order valence-electron chi connectivity index (χ2n) is 7.92. The molecule has 31 heavy (non-hydrogen) atoms. The second-order valence-corrected chi connectivity index (χ2v) is 7.92. The van der Waals surface area contributed by atoms with E-state index in [0.717, 1.165) is 57.1 Å². The van der Waals surface area contributed by atoms with Crippen molar-refractivity contribution in [2.45, 2.75) is 19.8 Å². The zero-order chi connectivity index (χ0) is 21.6. The Morgan fingerprint density at radius 3 is 2.61 bits per heavy atom. The SMILES string of the molecule is COc1ccc2c(c1)OC=C(C)N(CCCCN1CCN(c3ccccn3)CC1)C2=O. The van der Waals surface area contributed by atoms with Crippen molar-refractivity contribution in [3.05, 3.63) is 60.1 Å². The van der Waals surface area contributed by atoms with E-state index in [4.69, 9.17) is 9.47 Å². The highest BCUT2D eigenvalue weighted by Crippen LogP contribution is 2.30. The zero-order valence-electron chi connectivity index (χ0n) is 18.3. The van der Waals surface area contributed by atoms with Crippen molar-refractivity contribution < 1.29 is 14.3 Å². The van der Waals surface area contributed by atoms with Crippen molar-refractivity contribution in [1.29, 1.82) is 0 Å². The lowest BCUT2D eigenvalue weighted by Gasteiger charge is -2.35. The molecular weight excluding hydrogens is 392 g/mol. The summed E-state index contributed by atoms with van der Waals surface area (Å²) in [4.78, 5) is 24.2. The number of carbonyl (C=O) groups excluding carboxylic acids is 1. The third-order valence-electron chi connectivity index (χ3n) is 5.90. The van der Waals surface area contributed by atoms with Crippen molar-refractivity contribution in [2.24, 2.45) is 0 Å². The van der Waals surface area contributed by atoms with Gasteiger partial charge in [0, 0.05) is 45.0 Å².